The zero-order chi connectivity index (χ0) is 25.2. The van der Waals surface area contributed by atoms with E-state index >= 15 is 0 Å². The molecule has 0 aliphatic carbocycles. The molecule has 0 radical (unpaired) electrons. The molecule has 2 fully saturated rings. The Morgan fingerprint density at radius 3 is 2.72 bits per heavy atom. The highest BCUT2D eigenvalue weighted by atomic mass is 19.1. The summed E-state index contributed by atoms with van der Waals surface area (Å²) in [5.74, 6) is 0.751. The smallest absolute Gasteiger partial charge is 0.140 e. The molecule has 2 saturated heterocycles. The van der Waals surface area contributed by atoms with Crippen LogP contribution in [0.2, 0.25) is 0 Å². The lowest BCUT2D eigenvalue weighted by molar-refractivity contribution is -0.212. The van der Waals surface area contributed by atoms with Gasteiger partial charge in [0.1, 0.15) is 41.6 Å². The Labute approximate surface area is 207 Å². The second-order valence-electron chi connectivity index (χ2n) is 9.44. The van der Waals surface area contributed by atoms with Crippen LogP contribution in [-0.4, -0.2) is 81.7 Å². The molecule has 194 valence electrons. The molecule has 3 aromatic rings. The molecular formula is C25H31FN4O6. The van der Waals surface area contributed by atoms with Crippen LogP contribution in [0.3, 0.4) is 0 Å². The molecule has 36 heavy (non-hydrogen) atoms. The van der Waals surface area contributed by atoms with Crippen LogP contribution in [0.5, 0.6) is 0 Å². The minimum Gasteiger partial charge on any atom is -0.394 e. The van der Waals surface area contributed by atoms with Crippen molar-refractivity contribution in [2.24, 2.45) is 0 Å². The number of hydrogen-bond acceptors (Lipinski definition) is 9. The fourth-order valence-electron chi connectivity index (χ4n) is 5.04. The first-order valence-electron chi connectivity index (χ1n) is 12.2. The lowest BCUT2D eigenvalue weighted by Crippen LogP contribution is -2.57. The first-order chi connectivity index (χ1) is 17.5. The monoisotopic (exact) mass is 502 g/mol. The quantitative estimate of drug-likeness (QED) is 0.500. The summed E-state index contributed by atoms with van der Waals surface area (Å²) in [6.45, 7) is 2.70. The molecule has 2 aromatic heterocycles. The van der Waals surface area contributed by atoms with Crippen LogP contribution in [0.25, 0.3) is 11.3 Å². The lowest BCUT2D eigenvalue weighted by atomic mass is 9.90. The maximum atomic E-state index is 14.1. The van der Waals surface area contributed by atoms with E-state index in [1.54, 1.807) is 25.3 Å². The molecule has 1 aromatic carbocycles. The van der Waals surface area contributed by atoms with Gasteiger partial charge in [0.25, 0.3) is 0 Å². The van der Waals surface area contributed by atoms with Crippen molar-refractivity contribution in [2.45, 2.75) is 62.6 Å². The first-order valence-corrected chi connectivity index (χ1v) is 12.2. The maximum absolute atomic E-state index is 14.1. The van der Waals surface area contributed by atoms with E-state index in [9.17, 15) is 14.6 Å². The maximum Gasteiger partial charge on any atom is 0.140 e. The summed E-state index contributed by atoms with van der Waals surface area (Å²) in [5, 5.41) is 33.6. The number of ether oxygens (including phenoxy) is 3. The Bertz CT molecular complexity index is 1160. The number of halogens is 1. The number of aliphatic hydroxyl groups excluding tert-OH is 2. The molecule has 5 atom stereocenters. The van der Waals surface area contributed by atoms with Crippen molar-refractivity contribution in [3.63, 3.8) is 0 Å². The summed E-state index contributed by atoms with van der Waals surface area (Å²) in [7, 11) is 1.53. The Morgan fingerprint density at radius 2 is 2.00 bits per heavy atom. The number of aliphatic hydroxyl groups is 2. The number of aryl methyl sites for hydroxylation is 1. The van der Waals surface area contributed by atoms with Gasteiger partial charge >= 0.3 is 0 Å². The summed E-state index contributed by atoms with van der Waals surface area (Å²) in [4.78, 5) is 0. The summed E-state index contributed by atoms with van der Waals surface area (Å²) < 4.78 is 38.5. The highest BCUT2D eigenvalue weighted by molar-refractivity contribution is 5.58. The number of methoxy groups -OCH3 is 1. The minimum atomic E-state index is -1.12. The van der Waals surface area contributed by atoms with Gasteiger partial charge in [-0.1, -0.05) is 22.5 Å². The number of nitrogens with zero attached hydrogens (tertiary/aromatic N) is 4. The van der Waals surface area contributed by atoms with Crippen molar-refractivity contribution in [3.05, 3.63) is 53.3 Å². The van der Waals surface area contributed by atoms with Gasteiger partial charge in [0.15, 0.2) is 0 Å². The van der Waals surface area contributed by atoms with Crippen molar-refractivity contribution in [3.8, 4) is 11.3 Å². The van der Waals surface area contributed by atoms with Crippen molar-refractivity contribution in [1.82, 2.24) is 20.2 Å². The van der Waals surface area contributed by atoms with E-state index in [2.05, 4.69) is 15.5 Å². The predicted octanol–water partition coefficient (Wildman–Crippen LogP) is 2.19. The average molecular weight is 503 g/mol. The zero-order valence-electron chi connectivity index (χ0n) is 20.3. The Morgan fingerprint density at radius 1 is 1.19 bits per heavy atom. The summed E-state index contributed by atoms with van der Waals surface area (Å²) in [6, 6.07) is 6.07. The molecule has 10 nitrogen and oxygen atoms in total. The molecule has 2 aliphatic heterocycles. The van der Waals surface area contributed by atoms with Gasteiger partial charge in [-0.15, -0.1) is 5.10 Å². The van der Waals surface area contributed by atoms with Gasteiger partial charge in [-0.25, -0.2) is 9.07 Å². The SMILES string of the molecule is CO[C@@H]1[C@@H](n2cc(-c3ccc(C)c(F)c3)nn2)[C@@H](O)[C@@H](CO)O[C@@H]1Cc1cc(C2CCOCC2)on1. The zero-order valence-corrected chi connectivity index (χ0v) is 20.3. The highest BCUT2D eigenvalue weighted by Gasteiger charge is 2.47. The highest BCUT2D eigenvalue weighted by Crippen LogP contribution is 2.35. The van der Waals surface area contributed by atoms with Gasteiger partial charge in [-0.2, -0.15) is 0 Å². The van der Waals surface area contributed by atoms with Gasteiger partial charge in [-0.3, -0.25) is 0 Å². The van der Waals surface area contributed by atoms with Crippen molar-refractivity contribution >= 4 is 0 Å². The Kier molecular flexibility index (Phi) is 7.44. The topological polar surface area (TPSA) is 125 Å². The van der Waals surface area contributed by atoms with E-state index in [0.717, 1.165) is 18.6 Å². The standard InChI is InChI=1S/C25H31FN4O6/c1-14-3-4-16(9-18(14)26)19-12-30(29-27-19)23-24(32)22(13-31)35-21(25(23)33-2)11-17-10-20(36-28-17)15-5-7-34-8-6-15/h3-4,9-10,12,15,21-25,31-32H,5-8,11,13H2,1-2H3/t21-,22-,23+,24+,25+/m1/s1. The fraction of sp³-hybridized carbons (Fsp3) is 0.560. The van der Waals surface area contributed by atoms with Gasteiger partial charge in [0, 0.05) is 44.3 Å². The molecule has 11 heteroatoms. The van der Waals surface area contributed by atoms with Gasteiger partial charge in [-0.05, 0) is 31.4 Å². The van der Waals surface area contributed by atoms with Crippen molar-refractivity contribution < 1.29 is 33.3 Å². The van der Waals surface area contributed by atoms with Gasteiger partial charge < -0.3 is 28.9 Å². The molecule has 0 unspecified atom stereocenters. The number of aromatic nitrogens is 4. The predicted molar refractivity (Wildman–Crippen MR) is 125 cm³/mol. The van der Waals surface area contributed by atoms with Crippen LogP contribution in [0.1, 0.15) is 41.8 Å². The van der Waals surface area contributed by atoms with Crippen LogP contribution in [-0.2, 0) is 20.6 Å². The van der Waals surface area contributed by atoms with Gasteiger partial charge in [0.05, 0.1) is 24.6 Å². The van der Waals surface area contributed by atoms with Crippen LogP contribution in [0.15, 0.2) is 35.0 Å². The van der Waals surface area contributed by atoms with E-state index < -0.39 is 30.5 Å². The van der Waals surface area contributed by atoms with Crippen LogP contribution >= 0.6 is 0 Å². The average Bonchev–Trinajstić information content (AvgIpc) is 3.57. The lowest BCUT2D eigenvalue weighted by Gasteiger charge is -2.43. The third-order valence-corrected chi connectivity index (χ3v) is 7.13. The van der Waals surface area contributed by atoms with Crippen molar-refractivity contribution in [1.29, 1.82) is 0 Å². The summed E-state index contributed by atoms with van der Waals surface area (Å²) in [5.41, 5.74) is 2.26. The molecule has 0 bridgehead atoms. The Balaban J connectivity index is 1.39. The molecular weight excluding hydrogens is 471 g/mol. The third-order valence-electron chi connectivity index (χ3n) is 7.13. The molecule has 0 amide bonds. The molecule has 0 spiro atoms. The number of hydrogen-bond donors (Lipinski definition) is 2. The summed E-state index contributed by atoms with van der Waals surface area (Å²) >= 11 is 0. The van der Waals surface area contributed by atoms with E-state index in [1.807, 2.05) is 6.07 Å². The first kappa shape index (κ1) is 25.0. The Hall–Kier alpha value is -2.70. The molecule has 2 N–H and O–H groups in total. The minimum absolute atomic E-state index is 0.269. The van der Waals surface area contributed by atoms with Crippen molar-refractivity contribution in [2.75, 3.05) is 26.9 Å². The molecule has 0 saturated carbocycles. The van der Waals surface area contributed by atoms with E-state index in [0.29, 0.717) is 42.1 Å². The third kappa shape index (κ3) is 4.94. The van der Waals surface area contributed by atoms with Crippen LogP contribution in [0.4, 0.5) is 4.39 Å². The molecule has 2 aliphatic rings. The normalized spacial score (nSPS) is 27.4. The molecule has 4 heterocycles. The second kappa shape index (κ2) is 10.7. The van der Waals surface area contributed by atoms with Crippen LogP contribution in [0, 0.1) is 12.7 Å². The van der Waals surface area contributed by atoms with Crippen LogP contribution < -0.4 is 0 Å². The second-order valence-corrected chi connectivity index (χ2v) is 9.44. The van der Waals surface area contributed by atoms with E-state index in [-0.39, 0.29) is 18.3 Å². The molecule has 5 rings (SSSR count). The fourth-order valence-corrected chi connectivity index (χ4v) is 5.04. The van der Waals surface area contributed by atoms with Gasteiger partial charge in [0.2, 0.25) is 0 Å². The number of benzene rings is 1. The van der Waals surface area contributed by atoms with E-state index in [1.165, 1.54) is 17.9 Å². The largest absolute Gasteiger partial charge is 0.394 e. The summed E-state index contributed by atoms with van der Waals surface area (Å²) in [6.07, 6.45) is 0.613. The number of rotatable bonds is 7. The van der Waals surface area contributed by atoms with E-state index in [4.69, 9.17) is 18.7 Å².